The van der Waals surface area contributed by atoms with Crippen LogP contribution in [0.3, 0.4) is 0 Å². The van der Waals surface area contributed by atoms with E-state index in [1.54, 1.807) is 19.0 Å². The molecule has 2 amide bonds. The molecule has 2 fully saturated rings. The molecule has 3 heterocycles. The van der Waals surface area contributed by atoms with E-state index < -0.39 is 12.1 Å². The third-order valence-corrected chi connectivity index (χ3v) is 4.73. The summed E-state index contributed by atoms with van der Waals surface area (Å²) in [5.41, 5.74) is 1.20. The molecule has 0 aliphatic carbocycles. The third kappa shape index (κ3) is 6.32. The number of nitrogens with zero attached hydrogens (tertiary/aromatic N) is 4. The van der Waals surface area contributed by atoms with E-state index >= 15 is 0 Å². The largest absolute Gasteiger partial charge is 0.490 e. The smallest absolute Gasteiger partial charge is 0.475 e. The summed E-state index contributed by atoms with van der Waals surface area (Å²) in [6, 6.07) is 0.374. The van der Waals surface area contributed by atoms with E-state index in [1.807, 2.05) is 24.1 Å². The predicted octanol–water partition coefficient (Wildman–Crippen LogP) is 1.06. The van der Waals surface area contributed by atoms with E-state index in [4.69, 9.17) is 14.6 Å². The van der Waals surface area contributed by atoms with Crippen molar-refractivity contribution in [1.82, 2.24) is 24.9 Å². The molecule has 1 aromatic heterocycles. The quantitative estimate of drug-likeness (QED) is 0.757. The number of hydrogen-bond acceptors (Lipinski definition) is 5. The van der Waals surface area contributed by atoms with Crippen molar-refractivity contribution < 1.29 is 32.6 Å². The van der Waals surface area contributed by atoms with E-state index in [9.17, 15) is 18.0 Å². The summed E-state index contributed by atoms with van der Waals surface area (Å²) >= 11 is 0. The molecule has 0 spiro atoms. The number of likely N-dealkylation sites (tertiary alicyclic amines) is 1. The minimum atomic E-state index is -5.08. The summed E-state index contributed by atoms with van der Waals surface area (Å²) in [5, 5.41) is 14.5. The summed E-state index contributed by atoms with van der Waals surface area (Å²) < 4.78 is 39.5. The minimum Gasteiger partial charge on any atom is -0.475 e. The number of ether oxygens (including phenoxy) is 1. The highest BCUT2D eigenvalue weighted by atomic mass is 19.4. The van der Waals surface area contributed by atoms with Gasteiger partial charge in [0.2, 0.25) is 0 Å². The Kier molecular flexibility index (Phi) is 7.47. The normalized spacial score (nSPS) is 24.3. The summed E-state index contributed by atoms with van der Waals surface area (Å²) in [6.07, 6.45) is 1.17. The van der Waals surface area contributed by atoms with Gasteiger partial charge in [0.25, 0.3) is 0 Å². The standard InChI is InChI=1S/C15H25N5O2.C2HF3O2/c1-18(2)15(21)17-12-10-20(9-11-7-16-19(3)8-11)13-5-4-6-22-14(12)13;3-2(4,5)1(6)7/h7-8,12-14H,4-6,9-10H2,1-3H3,(H,17,21);(H,6,7)/t12-,13+,14+;/m0./s1. The zero-order valence-corrected chi connectivity index (χ0v) is 16.5. The molecule has 1 aromatic rings. The molecule has 12 heteroatoms. The number of carbonyl (C=O) groups is 2. The number of carbonyl (C=O) groups excluding carboxylic acids is 1. The van der Waals surface area contributed by atoms with Crippen molar-refractivity contribution in [2.24, 2.45) is 7.05 Å². The van der Waals surface area contributed by atoms with Gasteiger partial charge in [0.15, 0.2) is 0 Å². The molecule has 164 valence electrons. The number of nitrogens with one attached hydrogen (secondary N) is 1. The van der Waals surface area contributed by atoms with E-state index in [-0.39, 0.29) is 18.2 Å². The molecule has 0 radical (unpaired) electrons. The zero-order chi connectivity index (χ0) is 21.8. The fraction of sp³-hybridized carbons (Fsp3) is 0.706. The number of fused-ring (bicyclic) bond motifs is 1. The average Bonchev–Trinajstić information content (AvgIpc) is 3.19. The first-order valence-electron chi connectivity index (χ1n) is 9.10. The molecule has 29 heavy (non-hydrogen) atoms. The molecule has 2 saturated heterocycles. The maximum atomic E-state index is 12.0. The second-order valence-electron chi connectivity index (χ2n) is 7.25. The zero-order valence-electron chi connectivity index (χ0n) is 16.5. The van der Waals surface area contributed by atoms with Gasteiger partial charge in [-0.1, -0.05) is 0 Å². The van der Waals surface area contributed by atoms with E-state index in [2.05, 4.69) is 15.3 Å². The van der Waals surface area contributed by atoms with Crippen LogP contribution in [0.15, 0.2) is 12.4 Å². The molecule has 2 aliphatic rings. The Morgan fingerprint density at radius 2 is 2.07 bits per heavy atom. The van der Waals surface area contributed by atoms with Gasteiger partial charge in [0.1, 0.15) is 0 Å². The van der Waals surface area contributed by atoms with Gasteiger partial charge >= 0.3 is 18.2 Å². The Bertz CT molecular complexity index is 709. The van der Waals surface area contributed by atoms with Gasteiger partial charge in [-0.3, -0.25) is 9.58 Å². The molecule has 9 nitrogen and oxygen atoms in total. The van der Waals surface area contributed by atoms with Crippen molar-refractivity contribution in [3.63, 3.8) is 0 Å². The monoisotopic (exact) mass is 421 g/mol. The number of carboxylic acid groups (broad SMARTS) is 1. The second-order valence-corrected chi connectivity index (χ2v) is 7.25. The molecule has 0 saturated carbocycles. The Balaban J connectivity index is 0.000000370. The van der Waals surface area contributed by atoms with Crippen molar-refractivity contribution in [2.75, 3.05) is 27.2 Å². The molecule has 0 bridgehead atoms. The molecule has 0 aromatic carbocycles. The number of alkyl halides is 3. The number of rotatable bonds is 3. The van der Waals surface area contributed by atoms with Crippen LogP contribution in [-0.2, 0) is 23.1 Å². The van der Waals surface area contributed by atoms with Crippen LogP contribution in [0, 0.1) is 0 Å². The highest BCUT2D eigenvalue weighted by Crippen LogP contribution is 2.30. The highest BCUT2D eigenvalue weighted by molar-refractivity contribution is 5.74. The maximum Gasteiger partial charge on any atom is 0.490 e. The molecule has 0 unspecified atom stereocenters. The summed E-state index contributed by atoms with van der Waals surface area (Å²) in [4.78, 5) is 24.9. The van der Waals surface area contributed by atoms with Crippen molar-refractivity contribution in [3.8, 4) is 0 Å². The molecule has 2 N–H and O–H groups in total. The second kappa shape index (κ2) is 9.44. The Morgan fingerprint density at radius 3 is 2.59 bits per heavy atom. The van der Waals surface area contributed by atoms with Gasteiger partial charge in [-0.2, -0.15) is 18.3 Å². The topological polar surface area (TPSA) is 99.9 Å². The van der Waals surface area contributed by atoms with Crippen molar-refractivity contribution in [2.45, 2.75) is 43.8 Å². The van der Waals surface area contributed by atoms with Crippen LogP contribution in [0.25, 0.3) is 0 Å². The van der Waals surface area contributed by atoms with Crippen LogP contribution in [-0.4, -0.2) is 88.3 Å². The van der Waals surface area contributed by atoms with Gasteiger partial charge < -0.3 is 20.1 Å². The average molecular weight is 421 g/mol. The van der Waals surface area contributed by atoms with Crippen molar-refractivity contribution >= 4 is 12.0 Å². The number of aliphatic carboxylic acids is 1. The summed E-state index contributed by atoms with van der Waals surface area (Å²) in [5.74, 6) is -2.76. The lowest BCUT2D eigenvalue weighted by Crippen LogP contribution is -2.50. The van der Waals surface area contributed by atoms with Crippen LogP contribution in [0.4, 0.5) is 18.0 Å². The van der Waals surface area contributed by atoms with Crippen LogP contribution in [0.1, 0.15) is 18.4 Å². The van der Waals surface area contributed by atoms with Crippen LogP contribution >= 0.6 is 0 Å². The van der Waals surface area contributed by atoms with Gasteiger partial charge in [-0.25, -0.2) is 9.59 Å². The fourth-order valence-electron chi connectivity index (χ4n) is 3.44. The lowest BCUT2D eigenvalue weighted by molar-refractivity contribution is -0.192. The number of hydrogen-bond donors (Lipinski definition) is 2. The van der Waals surface area contributed by atoms with E-state index in [0.717, 1.165) is 32.5 Å². The fourth-order valence-corrected chi connectivity index (χ4v) is 3.44. The molecular formula is C17H26F3N5O4. The Labute approximate surface area is 166 Å². The maximum absolute atomic E-state index is 12.0. The number of carboxylic acids is 1. The van der Waals surface area contributed by atoms with Crippen molar-refractivity contribution in [1.29, 1.82) is 0 Å². The Hall–Kier alpha value is -2.34. The van der Waals surface area contributed by atoms with Gasteiger partial charge in [-0.05, 0) is 12.8 Å². The molecule has 3 atom stereocenters. The predicted molar refractivity (Wildman–Crippen MR) is 96.1 cm³/mol. The number of halogens is 3. The highest BCUT2D eigenvalue weighted by Gasteiger charge is 2.44. The van der Waals surface area contributed by atoms with Crippen LogP contribution in [0.2, 0.25) is 0 Å². The number of urea groups is 1. The first kappa shape index (κ1) is 22.9. The lowest BCUT2D eigenvalue weighted by atomic mass is 10.0. The third-order valence-electron chi connectivity index (χ3n) is 4.73. The first-order chi connectivity index (χ1) is 13.5. The summed E-state index contributed by atoms with van der Waals surface area (Å²) in [7, 11) is 5.45. The number of aryl methyl sites for hydroxylation is 1. The number of aromatic nitrogens is 2. The lowest BCUT2D eigenvalue weighted by Gasteiger charge is -2.32. The van der Waals surface area contributed by atoms with Crippen LogP contribution in [0.5, 0.6) is 0 Å². The minimum absolute atomic E-state index is 0.0527. The van der Waals surface area contributed by atoms with Gasteiger partial charge in [0.05, 0.1) is 18.3 Å². The van der Waals surface area contributed by atoms with Gasteiger partial charge in [0, 0.05) is 58.6 Å². The molecule has 2 aliphatic heterocycles. The van der Waals surface area contributed by atoms with Crippen molar-refractivity contribution in [3.05, 3.63) is 18.0 Å². The van der Waals surface area contributed by atoms with E-state index in [1.165, 1.54) is 5.56 Å². The molecular weight excluding hydrogens is 395 g/mol. The SMILES string of the molecule is CN(C)C(=O)N[C@H]1CN(Cc2cnn(C)c2)[C@@H]2CCCO[C@H]12.O=C(O)C(F)(F)F. The van der Waals surface area contributed by atoms with Crippen LogP contribution < -0.4 is 5.32 Å². The van der Waals surface area contributed by atoms with E-state index in [0.29, 0.717) is 6.04 Å². The number of amides is 2. The van der Waals surface area contributed by atoms with Gasteiger partial charge in [-0.15, -0.1) is 0 Å². The summed E-state index contributed by atoms with van der Waals surface area (Å²) in [6.45, 7) is 2.47. The first-order valence-corrected chi connectivity index (χ1v) is 9.10. The molecule has 3 rings (SSSR count). The Morgan fingerprint density at radius 1 is 1.41 bits per heavy atom.